The van der Waals surface area contributed by atoms with Gasteiger partial charge in [-0.3, -0.25) is 0 Å². The number of fused-ring (bicyclic) bond motifs is 9. The summed E-state index contributed by atoms with van der Waals surface area (Å²) in [5.74, 6) is 0. The maximum Gasteiger partial charge on any atom is 0.198 e. The van der Waals surface area contributed by atoms with Crippen LogP contribution in [0.4, 0.5) is 28.4 Å². The SMILES string of the molecule is CC1(C)c2cccc3c2N(c2cc(-c4ccccc4)cc(-c4ccc(-c5ccccc5)cc4Nc4cccc5c4sc4ccccc45)c2B3)c2ccc3ccccc3c21. The molecule has 10 aromatic rings. The summed E-state index contributed by atoms with van der Waals surface area (Å²) in [5, 5.41) is 9.24. The van der Waals surface area contributed by atoms with Gasteiger partial charge in [-0.05, 0) is 91.6 Å². The highest BCUT2D eigenvalue weighted by Crippen LogP contribution is 2.55. The molecule has 2 nitrogen and oxygen atoms in total. The number of para-hydroxylation sites is 1. The quantitative estimate of drug-likeness (QED) is 0.175. The first kappa shape index (κ1) is 34.2. The van der Waals surface area contributed by atoms with E-state index >= 15 is 0 Å². The third-order valence-electron chi connectivity index (χ3n) is 12.8. The van der Waals surface area contributed by atoms with Crippen molar-refractivity contribution in [1.82, 2.24) is 0 Å². The van der Waals surface area contributed by atoms with Gasteiger partial charge in [0.2, 0.25) is 0 Å². The molecular formula is C55H39BN2S. The third kappa shape index (κ3) is 5.26. The number of nitrogens with one attached hydrogen (secondary N) is 1. The average molecular weight is 771 g/mol. The maximum absolute atomic E-state index is 4.06. The van der Waals surface area contributed by atoms with Crippen LogP contribution < -0.4 is 21.1 Å². The van der Waals surface area contributed by atoms with Crippen molar-refractivity contribution in [2.24, 2.45) is 0 Å². The summed E-state index contributed by atoms with van der Waals surface area (Å²) < 4.78 is 2.57. The smallest absolute Gasteiger partial charge is 0.198 e. The minimum absolute atomic E-state index is 0.187. The van der Waals surface area contributed by atoms with Gasteiger partial charge in [0.1, 0.15) is 0 Å². The number of rotatable bonds is 5. The molecule has 0 saturated carbocycles. The molecule has 0 amide bonds. The van der Waals surface area contributed by atoms with E-state index < -0.39 is 0 Å². The lowest BCUT2D eigenvalue weighted by molar-refractivity contribution is 0.639. The van der Waals surface area contributed by atoms with Crippen LogP contribution in [-0.4, -0.2) is 7.28 Å². The Balaban J connectivity index is 1.14. The van der Waals surface area contributed by atoms with E-state index in [-0.39, 0.29) is 5.41 Å². The van der Waals surface area contributed by atoms with Crippen LogP contribution in [0, 0.1) is 0 Å². The molecule has 2 aliphatic heterocycles. The first-order chi connectivity index (χ1) is 29.0. The predicted octanol–water partition coefficient (Wildman–Crippen LogP) is 13.8. The molecule has 12 rings (SSSR count). The summed E-state index contributed by atoms with van der Waals surface area (Å²) in [6.07, 6.45) is 0. The Hall–Kier alpha value is -6.88. The summed E-state index contributed by atoms with van der Waals surface area (Å²) in [5.41, 5.74) is 18.6. The van der Waals surface area contributed by atoms with Crippen LogP contribution in [0.5, 0.6) is 0 Å². The Morgan fingerprint density at radius 3 is 2.05 bits per heavy atom. The number of thiophene rings is 1. The molecule has 0 spiro atoms. The number of benzene rings is 9. The molecule has 3 heterocycles. The zero-order chi connectivity index (χ0) is 39.2. The molecule has 59 heavy (non-hydrogen) atoms. The first-order valence-corrected chi connectivity index (χ1v) is 21.4. The van der Waals surface area contributed by atoms with Crippen LogP contribution >= 0.6 is 11.3 Å². The lowest BCUT2D eigenvalue weighted by Crippen LogP contribution is -2.45. The van der Waals surface area contributed by atoms with Gasteiger partial charge in [-0.1, -0.05) is 171 Å². The van der Waals surface area contributed by atoms with Gasteiger partial charge in [-0.2, -0.15) is 0 Å². The number of nitrogens with zero attached hydrogens (tertiary/aromatic N) is 1. The highest BCUT2D eigenvalue weighted by molar-refractivity contribution is 7.26. The summed E-state index contributed by atoms with van der Waals surface area (Å²) in [7, 11) is 0.837. The van der Waals surface area contributed by atoms with Crippen LogP contribution in [0.15, 0.2) is 188 Å². The molecular weight excluding hydrogens is 731 g/mol. The Morgan fingerprint density at radius 1 is 0.508 bits per heavy atom. The second-order valence-corrected chi connectivity index (χ2v) is 17.6. The second kappa shape index (κ2) is 13.1. The Kier molecular flexibility index (Phi) is 7.58. The number of anilines is 5. The molecule has 4 heteroatoms. The Labute approximate surface area is 349 Å². The van der Waals surface area contributed by atoms with Crippen molar-refractivity contribution in [3.63, 3.8) is 0 Å². The van der Waals surface area contributed by atoms with Gasteiger partial charge in [-0.25, -0.2) is 0 Å². The summed E-state index contributed by atoms with van der Waals surface area (Å²) >= 11 is 1.86. The van der Waals surface area contributed by atoms with Crippen molar-refractivity contribution in [3.05, 3.63) is 199 Å². The van der Waals surface area contributed by atoms with Gasteiger partial charge < -0.3 is 10.2 Å². The molecule has 0 fully saturated rings. The van der Waals surface area contributed by atoms with Crippen LogP contribution in [0.25, 0.3) is 64.3 Å². The fourth-order valence-corrected chi connectivity index (χ4v) is 11.2. The molecule has 2 aliphatic rings. The Morgan fingerprint density at radius 2 is 1.22 bits per heavy atom. The van der Waals surface area contributed by atoms with E-state index in [1.54, 1.807) is 0 Å². The molecule has 0 atom stereocenters. The van der Waals surface area contributed by atoms with Crippen molar-refractivity contribution >= 4 is 88.9 Å². The largest absolute Gasteiger partial charge is 0.354 e. The third-order valence-corrected chi connectivity index (χ3v) is 14.0. The predicted molar refractivity (Wildman–Crippen MR) is 256 cm³/mol. The molecule has 0 unspecified atom stereocenters. The van der Waals surface area contributed by atoms with E-state index in [1.165, 1.54) is 103 Å². The minimum atomic E-state index is -0.187. The van der Waals surface area contributed by atoms with E-state index in [0.717, 1.165) is 18.7 Å². The second-order valence-electron chi connectivity index (χ2n) is 16.6. The van der Waals surface area contributed by atoms with Crippen LogP contribution in [0.1, 0.15) is 25.0 Å². The molecule has 0 aliphatic carbocycles. The van der Waals surface area contributed by atoms with Gasteiger partial charge in [0.15, 0.2) is 7.28 Å². The highest BCUT2D eigenvalue weighted by Gasteiger charge is 2.42. The van der Waals surface area contributed by atoms with Gasteiger partial charge in [0, 0.05) is 43.5 Å². The van der Waals surface area contributed by atoms with Crippen molar-refractivity contribution in [3.8, 4) is 33.4 Å². The van der Waals surface area contributed by atoms with Gasteiger partial charge >= 0.3 is 0 Å². The van der Waals surface area contributed by atoms with E-state index in [2.05, 4.69) is 212 Å². The normalized spacial score (nSPS) is 13.5. The molecule has 1 N–H and O–H groups in total. The maximum atomic E-state index is 4.06. The van der Waals surface area contributed by atoms with Gasteiger partial charge in [0.25, 0.3) is 0 Å². The van der Waals surface area contributed by atoms with E-state index in [4.69, 9.17) is 0 Å². The van der Waals surface area contributed by atoms with Gasteiger partial charge in [-0.15, -0.1) is 11.3 Å². The molecule has 1 aromatic heterocycles. The zero-order valence-electron chi connectivity index (χ0n) is 33.0. The minimum Gasteiger partial charge on any atom is -0.354 e. The van der Waals surface area contributed by atoms with Gasteiger partial charge in [0.05, 0.1) is 16.1 Å². The van der Waals surface area contributed by atoms with E-state index in [1.807, 2.05) is 11.3 Å². The molecule has 0 radical (unpaired) electrons. The number of hydrogen-bond donors (Lipinski definition) is 1. The average Bonchev–Trinajstić information content (AvgIpc) is 3.67. The lowest BCUT2D eigenvalue weighted by atomic mass is 9.55. The van der Waals surface area contributed by atoms with Crippen molar-refractivity contribution in [2.45, 2.75) is 19.3 Å². The standard InChI is InChI=1S/C55H39BN2S/c1-55(2)44-23-14-24-45-53(44)58(48-30-28-36-19-9-10-20-39(36)51(48)55)49-33-38(35-17-7-4-8-18-35)31-43(52(49)56-45)40-29-27-37(34-15-5-3-6-16-34)32-47(40)57-46-25-13-22-42-41-21-11-12-26-50(41)59-54(42)46/h3-33,56-57H,1-2H3. The molecule has 9 aromatic carbocycles. The van der Waals surface area contributed by atoms with Crippen LogP contribution in [0.2, 0.25) is 0 Å². The molecule has 0 bridgehead atoms. The monoisotopic (exact) mass is 770 g/mol. The molecule has 278 valence electrons. The summed E-state index contributed by atoms with van der Waals surface area (Å²) in [4.78, 5) is 2.61. The topological polar surface area (TPSA) is 15.3 Å². The number of hydrogen-bond acceptors (Lipinski definition) is 3. The summed E-state index contributed by atoms with van der Waals surface area (Å²) in [6, 6.07) is 69.6. The zero-order valence-corrected chi connectivity index (χ0v) is 33.8. The van der Waals surface area contributed by atoms with Crippen LogP contribution in [-0.2, 0) is 5.41 Å². The van der Waals surface area contributed by atoms with Crippen molar-refractivity contribution < 1.29 is 0 Å². The molecule has 0 saturated heterocycles. The van der Waals surface area contributed by atoms with Crippen molar-refractivity contribution in [2.75, 3.05) is 10.2 Å². The van der Waals surface area contributed by atoms with E-state index in [9.17, 15) is 0 Å². The van der Waals surface area contributed by atoms with Crippen molar-refractivity contribution in [1.29, 1.82) is 0 Å². The van der Waals surface area contributed by atoms with Crippen LogP contribution in [0.3, 0.4) is 0 Å². The van der Waals surface area contributed by atoms with E-state index in [0.29, 0.717) is 0 Å². The highest BCUT2D eigenvalue weighted by atomic mass is 32.1. The Bertz CT molecular complexity index is 3310. The first-order valence-electron chi connectivity index (χ1n) is 20.6. The lowest BCUT2D eigenvalue weighted by Gasteiger charge is -2.46. The summed E-state index contributed by atoms with van der Waals surface area (Å²) in [6.45, 7) is 4.83. The fourth-order valence-electron chi connectivity index (χ4n) is 10.1. The fraction of sp³-hybridized carbons (Fsp3) is 0.0545.